The Balaban J connectivity index is 2.14. The van der Waals surface area contributed by atoms with E-state index in [9.17, 15) is 5.11 Å². The molecule has 1 unspecified atom stereocenters. The lowest BCUT2D eigenvalue weighted by Crippen LogP contribution is -2.32. The molecule has 4 nitrogen and oxygen atoms in total. The Morgan fingerprint density at radius 2 is 2.33 bits per heavy atom. The maximum Gasteiger partial charge on any atom is 0.162 e. The molecule has 1 atom stereocenters. The number of rotatable bonds is 4. The van der Waals surface area contributed by atoms with Crippen LogP contribution in [-0.2, 0) is 6.54 Å². The minimum atomic E-state index is 0.180. The van der Waals surface area contributed by atoms with Crippen molar-refractivity contribution in [1.29, 1.82) is 0 Å². The van der Waals surface area contributed by atoms with E-state index in [4.69, 9.17) is 16.3 Å². The number of benzene rings is 1. The van der Waals surface area contributed by atoms with Gasteiger partial charge in [0.25, 0.3) is 0 Å². The van der Waals surface area contributed by atoms with Gasteiger partial charge in [-0.2, -0.15) is 0 Å². The summed E-state index contributed by atoms with van der Waals surface area (Å²) in [6.45, 7) is 2.71. The molecule has 1 aliphatic rings. The van der Waals surface area contributed by atoms with Crippen LogP contribution in [0.1, 0.15) is 12.0 Å². The van der Waals surface area contributed by atoms with Crippen LogP contribution in [-0.4, -0.2) is 43.3 Å². The minimum absolute atomic E-state index is 0.180. The zero-order chi connectivity index (χ0) is 13.1. The molecular formula is C13H19ClN2O2. The number of halogens is 1. The van der Waals surface area contributed by atoms with Crippen molar-refractivity contribution in [3.05, 3.63) is 22.7 Å². The first kappa shape index (κ1) is 13.5. The molecule has 1 aliphatic heterocycles. The quantitative estimate of drug-likeness (QED) is 0.877. The summed E-state index contributed by atoms with van der Waals surface area (Å²) in [6, 6.07) is 3.92. The Morgan fingerprint density at radius 3 is 2.94 bits per heavy atom. The first-order valence-corrected chi connectivity index (χ1v) is 6.46. The third-order valence-corrected chi connectivity index (χ3v) is 3.63. The molecule has 0 amide bonds. The normalized spacial score (nSPS) is 19.4. The lowest BCUT2D eigenvalue weighted by Gasteiger charge is -2.24. The van der Waals surface area contributed by atoms with E-state index in [1.54, 1.807) is 12.1 Å². The summed E-state index contributed by atoms with van der Waals surface area (Å²) in [7, 11) is 3.59. The third-order valence-electron chi connectivity index (χ3n) is 3.42. The Kier molecular flexibility index (Phi) is 4.32. The van der Waals surface area contributed by atoms with Crippen LogP contribution in [0.2, 0.25) is 5.02 Å². The van der Waals surface area contributed by atoms with Gasteiger partial charge >= 0.3 is 0 Å². The molecule has 1 fully saturated rings. The standard InChI is InChI=1S/C13H19ClN2O2/c1-16(11-3-4-15-7-11)8-9-5-10(14)6-12(18-2)13(9)17/h5-6,11,15,17H,3-4,7-8H2,1-2H3. The number of nitrogens with one attached hydrogen (secondary N) is 1. The van der Waals surface area contributed by atoms with Crippen molar-refractivity contribution in [1.82, 2.24) is 10.2 Å². The van der Waals surface area contributed by atoms with Crippen LogP contribution >= 0.6 is 11.6 Å². The molecular weight excluding hydrogens is 252 g/mol. The van der Waals surface area contributed by atoms with Crippen molar-refractivity contribution in [2.75, 3.05) is 27.2 Å². The van der Waals surface area contributed by atoms with E-state index in [-0.39, 0.29) is 5.75 Å². The highest BCUT2D eigenvalue weighted by Gasteiger charge is 2.21. The fourth-order valence-electron chi connectivity index (χ4n) is 2.32. The number of likely N-dealkylation sites (N-methyl/N-ethyl adjacent to an activating group) is 1. The largest absolute Gasteiger partial charge is 0.504 e. The molecule has 1 saturated heterocycles. The number of phenolic OH excluding ortho intramolecular Hbond substituents is 1. The van der Waals surface area contributed by atoms with Gasteiger partial charge in [0.05, 0.1) is 7.11 Å². The molecule has 18 heavy (non-hydrogen) atoms. The Hall–Kier alpha value is -0.970. The average Bonchev–Trinajstić information content (AvgIpc) is 2.87. The number of hydrogen-bond donors (Lipinski definition) is 2. The van der Waals surface area contributed by atoms with Gasteiger partial charge in [-0.15, -0.1) is 0 Å². The first-order chi connectivity index (χ1) is 8.61. The monoisotopic (exact) mass is 270 g/mol. The summed E-state index contributed by atoms with van der Waals surface area (Å²) in [4.78, 5) is 2.23. The topological polar surface area (TPSA) is 44.7 Å². The number of ether oxygens (including phenoxy) is 1. The predicted molar refractivity (Wildman–Crippen MR) is 72.4 cm³/mol. The molecule has 0 saturated carbocycles. The van der Waals surface area contributed by atoms with Crippen molar-refractivity contribution in [2.24, 2.45) is 0 Å². The Bertz CT molecular complexity index is 420. The second kappa shape index (κ2) is 5.78. The second-order valence-corrected chi connectivity index (χ2v) is 5.11. The predicted octanol–water partition coefficient (Wildman–Crippen LogP) is 1.85. The van der Waals surface area contributed by atoms with Crippen LogP contribution < -0.4 is 10.1 Å². The summed E-state index contributed by atoms with van der Waals surface area (Å²) < 4.78 is 5.11. The van der Waals surface area contributed by atoms with Crippen LogP contribution in [0.3, 0.4) is 0 Å². The van der Waals surface area contributed by atoms with Gasteiger partial charge < -0.3 is 15.2 Å². The van der Waals surface area contributed by atoms with Crippen molar-refractivity contribution < 1.29 is 9.84 Å². The van der Waals surface area contributed by atoms with Crippen molar-refractivity contribution in [3.63, 3.8) is 0 Å². The number of phenols is 1. The molecule has 1 aromatic rings. The van der Waals surface area contributed by atoms with Gasteiger partial charge in [0.2, 0.25) is 0 Å². The molecule has 0 aromatic heterocycles. The van der Waals surface area contributed by atoms with Crippen molar-refractivity contribution >= 4 is 11.6 Å². The molecule has 2 N–H and O–H groups in total. The smallest absolute Gasteiger partial charge is 0.162 e. The average molecular weight is 271 g/mol. The highest BCUT2D eigenvalue weighted by atomic mass is 35.5. The van der Waals surface area contributed by atoms with Gasteiger partial charge in [0.15, 0.2) is 11.5 Å². The van der Waals surface area contributed by atoms with E-state index in [1.165, 1.54) is 7.11 Å². The maximum atomic E-state index is 10.1. The molecule has 1 heterocycles. The van der Waals surface area contributed by atoms with Crippen LogP contribution in [0.5, 0.6) is 11.5 Å². The minimum Gasteiger partial charge on any atom is -0.504 e. The molecule has 100 valence electrons. The lowest BCUT2D eigenvalue weighted by atomic mass is 10.1. The van der Waals surface area contributed by atoms with Gasteiger partial charge in [-0.05, 0) is 26.1 Å². The van der Waals surface area contributed by atoms with Gasteiger partial charge in [-0.25, -0.2) is 0 Å². The molecule has 2 rings (SSSR count). The Morgan fingerprint density at radius 1 is 1.56 bits per heavy atom. The van der Waals surface area contributed by atoms with Crippen LogP contribution in [0.25, 0.3) is 0 Å². The second-order valence-electron chi connectivity index (χ2n) is 4.68. The number of hydrogen-bond acceptors (Lipinski definition) is 4. The first-order valence-electron chi connectivity index (χ1n) is 6.08. The maximum absolute atomic E-state index is 10.1. The van der Waals surface area contributed by atoms with Crippen LogP contribution in [0, 0.1) is 0 Å². The summed E-state index contributed by atoms with van der Waals surface area (Å²) in [5.41, 5.74) is 0.800. The summed E-state index contributed by atoms with van der Waals surface area (Å²) in [6.07, 6.45) is 1.13. The van der Waals surface area contributed by atoms with Gasteiger partial charge in [0, 0.05) is 35.8 Å². The number of aromatic hydroxyl groups is 1. The molecule has 0 bridgehead atoms. The van der Waals surface area contributed by atoms with Crippen molar-refractivity contribution in [2.45, 2.75) is 19.0 Å². The molecule has 1 aromatic carbocycles. The van der Waals surface area contributed by atoms with E-state index >= 15 is 0 Å². The lowest BCUT2D eigenvalue weighted by molar-refractivity contribution is 0.244. The molecule has 0 radical (unpaired) electrons. The zero-order valence-corrected chi connectivity index (χ0v) is 11.5. The van der Waals surface area contributed by atoms with Gasteiger partial charge in [0.1, 0.15) is 0 Å². The van der Waals surface area contributed by atoms with Crippen molar-refractivity contribution in [3.8, 4) is 11.5 Å². The van der Waals surface area contributed by atoms with E-state index < -0.39 is 0 Å². The van der Waals surface area contributed by atoms with E-state index in [0.717, 1.165) is 25.1 Å². The highest BCUT2D eigenvalue weighted by Crippen LogP contribution is 2.34. The number of nitrogens with zero attached hydrogens (tertiary/aromatic N) is 1. The fourth-order valence-corrected chi connectivity index (χ4v) is 2.55. The molecule has 0 aliphatic carbocycles. The summed E-state index contributed by atoms with van der Waals surface area (Å²) in [5.74, 6) is 0.607. The molecule has 5 heteroatoms. The van der Waals surface area contributed by atoms with E-state index in [0.29, 0.717) is 23.4 Å². The van der Waals surface area contributed by atoms with Crippen LogP contribution in [0.15, 0.2) is 12.1 Å². The fraction of sp³-hybridized carbons (Fsp3) is 0.538. The zero-order valence-electron chi connectivity index (χ0n) is 10.7. The SMILES string of the molecule is COc1cc(Cl)cc(CN(C)C2CCNC2)c1O. The highest BCUT2D eigenvalue weighted by molar-refractivity contribution is 6.30. The van der Waals surface area contributed by atoms with Crippen LogP contribution in [0.4, 0.5) is 0 Å². The summed E-state index contributed by atoms with van der Waals surface area (Å²) in [5, 5.41) is 14.0. The Labute approximate surface area is 113 Å². The van der Waals surface area contributed by atoms with E-state index in [2.05, 4.69) is 17.3 Å². The van der Waals surface area contributed by atoms with Gasteiger partial charge in [-0.3, -0.25) is 4.90 Å². The third kappa shape index (κ3) is 2.88. The van der Waals surface area contributed by atoms with Gasteiger partial charge in [-0.1, -0.05) is 11.6 Å². The van der Waals surface area contributed by atoms with E-state index in [1.807, 2.05) is 0 Å². The number of methoxy groups -OCH3 is 1. The molecule has 0 spiro atoms. The summed E-state index contributed by atoms with van der Waals surface area (Å²) >= 11 is 6.02.